The Kier molecular flexibility index (Phi) is 3.47. The van der Waals surface area contributed by atoms with E-state index in [9.17, 15) is 9.18 Å². The fourth-order valence-electron chi connectivity index (χ4n) is 2.76. The zero-order valence-corrected chi connectivity index (χ0v) is 11.8. The van der Waals surface area contributed by atoms with Crippen LogP contribution in [0, 0.1) is 12.7 Å². The molecule has 0 saturated heterocycles. The summed E-state index contributed by atoms with van der Waals surface area (Å²) in [5.41, 5.74) is 8.76. The van der Waals surface area contributed by atoms with Gasteiger partial charge in [0.05, 0.1) is 5.56 Å². The topological polar surface area (TPSA) is 46.3 Å². The highest BCUT2D eigenvalue weighted by Crippen LogP contribution is 2.28. The zero-order valence-electron chi connectivity index (χ0n) is 11.8. The predicted octanol–water partition coefficient (Wildman–Crippen LogP) is 2.66. The third-order valence-corrected chi connectivity index (χ3v) is 3.78. The standard InChI is InChI=1S/C17H17FN2O/c1-11-6-7-14(15(18)8-11)17(21)20-10-13(19)9-12-4-2-3-5-16(12)20/h2-8,13H,9-10,19H2,1H3. The number of fused-ring (bicyclic) bond motifs is 1. The second-order valence-corrected chi connectivity index (χ2v) is 5.49. The Balaban J connectivity index is 2.02. The lowest BCUT2D eigenvalue weighted by molar-refractivity contribution is 0.0979. The van der Waals surface area contributed by atoms with Crippen LogP contribution in [0.5, 0.6) is 0 Å². The smallest absolute Gasteiger partial charge is 0.261 e. The van der Waals surface area contributed by atoms with Crippen LogP contribution in [0.15, 0.2) is 42.5 Å². The monoisotopic (exact) mass is 284 g/mol. The van der Waals surface area contributed by atoms with Crippen molar-refractivity contribution in [1.82, 2.24) is 0 Å². The highest BCUT2D eigenvalue weighted by molar-refractivity contribution is 6.07. The minimum atomic E-state index is -0.489. The maximum absolute atomic E-state index is 14.1. The molecule has 1 atom stereocenters. The maximum atomic E-state index is 14.1. The summed E-state index contributed by atoms with van der Waals surface area (Å²) in [6, 6.07) is 12.2. The summed E-state index contributed by atoms with van der Waals surface area (Å²) in [5, 5.41) is 0. The fourth-order valence-corrected chi connectivity index (χ4v) is 2.76. The Morgan fingerprint density at radius 1 is 1.29 bits per heavy atom. The summed E-state index contributed by atoms with van der Waals surface area (Å²) in [6.45, 7) is 2.20. The van der Waals surface area contributed by atoms with Crippen LogP contribution in [0.1, 0.15) is 21.5 Å². The first kappa shape index (κ1) is 13.8. The van der Waals surface area contributed by atoms with E-state index < -0.39 is 5.82 Å². The molecule has 3 nitrogen and oxygen atoms in total. The minimum Gasteiger partial charge on any atom is -0.326 e. The second-order valence-electron chi connectivity index (χ2n) is 5.49. The summed E-state index contributed by atoms with van der Waals surface area (Å²) in [5.74, 6) is -0.827. The van der Waals surface area contributed by atoms with Crippen LogP contribution in [-0.2, 0) is 6.42 Å². The van der Waals surface area contributed by atoms with Gasteiger partial charge in [0, 0.05) is 18.3 Å². The number of nitrogens with zero attached hydrogens (tertiary/aromatic N) is 1. The molecule has 2 aromatic rings. The molecule has 0 aliphatic carbocycles. The van der Waals surface area contributed by atoms with Gasteiger partial charge in [-0.1, -0.05) is 24.3 Å². The van der Waals surface area contributed by atoms with Gasteiger partial charge in [-0.15, -0.1) is 0 Å². The highest BCUT2D eigenvalue weighted by atomic mass is 19.1. The molecular weight excluding hydrogens is 267 g/mol. The predicted molar refractivity (Wildman–Crippen MR) is 80.9 cm³/mol. The Labute approximate surface area is 123 Å². The Morgan fingerprint density at radius 2 is 2.05 bits per heavy atom. The van der Waals surface area contributed by atoms with Crippen LogP contribution >= 0.6 is 0 Å². The summed E-state index contributed by atoms with van der Waals surface area (Å²) in [7, 11) is 0. The molecule has 4 heteroatoms. The van der Waals surface area contributed by atoms with Crippen LogP contribution < -0.4 is 10.6 Å². The van der Waals surface area contributed by atoms with E-state index in [4.69, 9.17) is 5.73 Å². The van der Waals surface area contributed by atoms with E-state index in [0.717, 1.165) is 23.2 Å². The average molecular weight is 284 g/mol. The number of hydrogen-bond acceptors (Lipinski definition) is 2. The lowest BCUT2D eigenvalue weighted by Gasteiger charge is -2.33. The second kappa shape index (κ2) is 5.30. The van der Waals surface area contributed by atoms with Crippen LogP contribution in [0.4, 0.5) is 10.1 Å². The molecular formula is C17H17FN2O. The van der Waals surface area contributed by atoms with Crippen molar-refractivity contribution in [3.8, 4) is 0 Å². The van der Waals surface area contributed by atoms with E-state index in [1.54, 1.807) is 17.9 Å². The van der Waals surface area contributed by atoms with Crippen molar-refractivity contribution in [2.75, 3.05) is 11.4 Å². The molecule has 21 heavy (non-hydrogen) atoms. The first-order valence-electron chi connectivity index (χ1n) is 6.98. The largest absolute Gasteiger partial charge is 0.326 e. The molecule has 1 aliphatic heterocycles. The molecule has 2 N–H and O–H groups in total. The SMILES string of the molecule is Cc1ccc(C(=O)N2CC(N)Cc3ccccc32)c(F)c1. The molecule has 0 fully saturated rings. The minimum absolute atomic E-state index is 0.0875. The number of anilines is 1. The van der Waals surface area contributed by atoms with Crippen molar-refractivity contribution < 1.29 is 9.18 Å². The van der Waals surface area contributed by atoms with Crippen molar-refractivity contribution >= 4 is 11.6 Å². The summed E-state index contributed by atoms with van der Waals surface area (Å²) >= 11 is 0. The van der Waals surface area contributed by atoms with E-state index in [-0.39, 0.29) is 17.5 Å². The molecule has 1 aliphatic rings. The molecule has 0 radical (unpaired) electrons. The van der Waals surface area contributed by atoms with E-state index in [1.165, 1.54) is 12.1 Å². The van der Waals surface area contributed by atoms with E-state index >= 15 is 0 Å². The van der Waals surface area contributed by atoms with Crippen molar-refractivity contribution in [3.63, 3.8) is 0 Å². The summed E-state index contributed by atoms with van der Waals surface area (Å²) in [6.07, 6.45) is 0.732. The molecule has 0 bridgehead atoms. The van der Waals surface area contributed by atoms with Gasteiger partial charge in [-0.2, -0.15) is 0 Å². The van der Waals surface area contributed by atoms with Crippen molar-refractivity contribution in [1.29, 1.82) is 0 Å². The van der Waals surface area contributed by atoms with Crippen molar-refractivity contribution in [2.45, 2.75) is 19.4 Å². The Bertz CT molecular complexity index is 699. The van der Waals surface area contributed by atoms with Crippen LogP contribution in [0.3, 0.4) is 0 Å². The van der Waals surface area contributed by atoms with E-state index in [1.807, 2.05) is 24.3 Å². The van der Waals surface area contributed by atoms with Gasteiger partial charge in [-0.05, 0) is 42.7 Å². The first-order valence-corrected chi connectivity index (χ1v) is 6.98. The van der Waals surface area contributed by atoms with E-state index in [2.05, 4.69) is 0 Å². The molecule has 1 unspecified atom stereocenters. The van der Waals surface area contributed by atoms with Crippen molar-refractivity contribution in [2.24, 2.45) is 5.73 Å². The van der Waals surface area contributed by atoms with Gasteiger partial charge in [0.2, 0.25) is 0 Å². The summed E-state index contributed by atoms with van der Waals surface area (Å²) in [4.78, 5) is 14.3. The van der Waals surface area contributed by atoms with Crippen LogP contribution in [0.2, 0.25) is 0 Å². The van der Waals surface area contributed by atoms with Gasteiger partial charge >= 0.3 is 0 Å². The van der Waals surface area contributed by atoms with Gasteiger partial charge in [0.25, 0.3) is 5.91 Å². The van der Waals surface area contributed by atoms with Gasteiger partial charge in [-0.3, -0.25) is 4.79 Å². The molecule has 0 aromatic heterocycles. The number of rotatable bonds is 1. The molecule has 108 valence electrons. The maximum Gasteiger partial charge on any atom is 0.261 e. The van der Waals surface area contributed by atoms with Gasteiger partial charge in [0.15, 0.2) is 0 Å². The first-order chi connectivity index (χ1) is 10.1. The van der Waals surface area contributed by atoms with Gasteiger partial charge in [0.1, 0.15) is 5.82 Å². The molecule has 1 amide bonds. The molecule has 1 heterocycles. The number of carbonyl (C=O) groups is 1. The van der Waals surface area contributed by atoms with E-state index in [0.29, 0.717) is 6.54 Å². The van der Waals surface area contributed by atoms with Crippen LogP contribution in [0.25, 0.3) is 0 Å². The van der Waals surface area contributed by atoms with Gasteiger partial charge in [-0.25, -0.2) is 4.39 Å². The lowest BCUT2D eigenvalue weighted by Crippen LogP contribution is -2.46. The number of nitrogens with two attached hydrogens (primary N) is 1. The highest BCUT2D eigenvalue weighted by Gasteiger charge is 2.28. The number of benzene rings is 2. The number of amides is 1. The normalized spacial score (nSPS) is 17.5. The van der Waals surface area contributed by atoms with Crippen molar-refractivity contribution in [3.05, 3.63) is 65.0 Å². The molecule has 3 rings (SSSR count). The number of hydrogen-bond donors (Lipinski definition) is 1. The quantitative estimate of drug-likeness (QED) is 0.875. The Morgan fingerprint density at radius 3 is 2.81 bits per heavy atom. The van der Waals surface area contributed by atoms with Crippen LogP contribution in [-0.4, -0.2) is 18.5 Å². The molecule has 0 saturated carbocycles. The average Bonchev–Trinajstić information content (AvgIpc) is 2.45. The third-order valence-electron chi connectivity index (χ3n) is 3.78. The molecule has 2 aromatic carbocycles. The fraction of sp³-hybridized carbons (Fsp3) is 0.235. The van der Waals surface area contributed by atoms with Gasteiger partial charge < -0.3 is 10.6 Å². The zero-order chi connectivity index (χ0) is 15.0. The Hall–Kier alpha value is -2.20. The third kappa shape index (κ3) is 2.54. The lowest BCUT2D eigenvalue weighted by atomic mass is 9.97. The number of para-hydroxylation sites is 1. The number of aryl methyl sites for hydroxylation is 1. The number of halogens is 1. The summed E-state index contributed by atoms with van der Waals surface area (Å²) < 4.78 is 14.1. The molecule has 0 spiro atoms. The number of carbonyl (C=O) groups excluding carboxylic acids is 1.